The third-order valence-electron chi connectivity index (χ3n) is 4.22. The molecular formula is C17H22N4O2. The van der Waals surface area contributed by atoms with Gasteiger partial charge in [-0.2, -0.15) is 0 Å². The molecule has 2 heterocycles. The minimum absolute atomic E-state index is 0.0666. The van der Waals surface area contributed by atoms with Crippen LogP contribution in [0.4, 0.5) is 5.95 Å². The lowest BCUT2D eigenvalue weighted by molar-refractivity contribution is -0.140. The van der Waals surface area contributed by atoms with Crippen molar-refractivity contribution >= 4 is 28.8 Å². The minimum atomic E-state index is -0.393. The van der Waals surface area contributed by atoms with Crippen molar-refractivity contribution < 1.29 is 9.59 Å². The molecule has 1 atom stereocenters. The summed E-state index contributed by atoms with van der Waals surface area (Å²) < 4.78 is 0. The molecule has 0 radical (unpaired) electrons. The van der Waals surface area contributed by atoms with Crippen molar-refractivity contribution in [3.63, 3.8) is 0 Å². The lowest BCUT2D eigenvalue weighted by Gasteiger charge is -2.34. The van der Waals surface area contributed by atoms with Crippen LogP contribution in [0.3, 0.4) is 0 Å². The molecule has 122 valence electrons. The Balaban J connectivity index is 1.73. The van der Waals surface area contributed by atoms with Gasteiger partial charge in [-0.1, -0.05) is 19.1 Å². The fourth-order valence-electron chi connectivity index (χ4n) is 3.07. The fourth-order valence-corrected chi connectivity index (χ4v) is 3.07. The third-order valence-corrected chi connectivity index (χ3v) is 4.22. The van der Waals surface area contributed by atoms with E-state index in [0.717, 1.165) is 30.3 Å². The zero-order valence-corrected chi connectivity index (χ0v) is 13.3. The van der Waals surface area contributed by atoms with E-state index >= 15 is 0 Å². The number of likely N-dealkylation sites (tertiary alicyclic amines) is 1. The lowest BCUT2D eigenvalue weighted by atomic mass is 10.0. The van der Waals surface area contributed by atoms with Gasteiger partial charge in [-0.3, -0.25) is 14.9 Å². The van der Waals surface area contributed by atoms with E-state index in [2.05, 4.69) is 15.3 Å². The van der Waals surface area contributed by atoms with E-state index in [0.29, 0.717) is 25.3 Å². The first kappa shape index (κ1) is 15.5. The molecule has 0 bridgehead atoms. The van der Waals surface area contributed by atoms with Crippen molar-refractivity contribution in [1.29, 1.82) is 0 Å². The van der Waals surface area contributed by atoms with E-state index in [1.54, 1.807) is 4.90 Å². The summed E-state index contributed by atoms with van der Waals surface area (Å²) in [6.45, 7) is 2.64. The number of amides is 2. The van der Waals surface area contributed by atoms with Crippen LogP contribution < -0.4 is 5.32 Å². The standard InChI is InChI=1S/C17H22N4O2/c1-2-7-15(22)21-11-6-5-10-14(21)16(23)20-17-18-12-8-3-4-9-13(12)19-17/h3-4,8-9,14H,2,5-7,10-11H2,1H3,(H2,18,19,20,23). The summed E-state index contributed by atoms with van der Waals surface area (Å²) in [5.41, 5.74) is 1.69. The second-order valence-corrected chi connectivity index (χ2v) is 5.94. The van der Waals surface area contributed by atoms with Crippen LogP contribution in [0.2, 0.25) is 0 Å². The highest BCUT2D eigenvalue weighted by Crippen LogP contribution is 2.20. The highest BCUT2D eigenvalue weighted by atomic mass is 16.2. The van der Waals surface area contributed by atoms with Crippen molar-refractivity contribution in [3.05, 3.63) is 24.3 Å². The van der Waals surface area contributed by atoms with Crippen molar-refractivity contribution in [1.82, 2.24) is 14.9 Å². The summed E-state index contributed by atoms with van der Waals surface area (Å²) in [7, 11) is 0. The number of anilines is 1. The molecule has 0 saturated carbocycles. The number of carbonyl (C=O) groups excluding carboxylic acids is 2. The van der Waals surface area contributed by atoms with Crippen LogP contribution in [0.5, 0.6) is 0 Å². The largest absolute Gasteiger partial charge is 0.331 e. The van der Waals surface area contributed by atoms with E-state index in [9.17, 15) is 9.59 Å². The predicted molar refractivity (Wildman–Crippen MR) is 89.0 cm³/mol. The Morgan fingerprint density at radius 2 is 2.17 bits per heavy atom. The van der Waals surface area contributed by atoms with Gasteiger partial charge < -0.3 is 9.88 Å². The Morgan fingerprint density at radius 1 is 1.35 bits per heavy atom. The summed E-state index contributed by atoms with van der Waals surface area (Å²) in [5, 5.41) is 2.83. The maximum absolute atomic E-state index is 12.6. The van der Waals surface area contributed by atoms with Crippen molar-refractivity contribution in [3.8, 4) is 0 Å². The number of hydrogen-bond donors (Lipinski definition) is 2. The molecule has 1 unspecified atom stereocenters. The van der Waals surface area contributed by atoms with Crippen molar-refractivity contribution in [2.75, 3.05) is 11.9 Å². The van der Waals surface area contributed by atoms with Crippen LogP contribution >= 0.6 is 0 Å². The molecule has 2 amide bonds. The maximum Gasteiger partial charge on any atom is 0.249 e. The molecule has 1 aliphatic rings. The normalized spacial score (nSPS) is 18.1. The van der Waals surface area contributed by atoms with Crippen molar-refractivity contribution in [2.45, 2.75) is 45.1 Å². The highest BCUT2D eigenvalue weighted by Gasteiger charge is 2.31. The molecule has 3 rings (SSSR count). The topological polar surface area (TPSA) is 78.1 Å². The Bertz CT molecular complexity index is 676. The lowest BCUT2D eigenvalue weighted by Crippen LogP contribution is -2.50. The van der Waals surface area contributed by atoms with E-state index in [1.165, 1.54) is 0 Å². The van der Waals surface area contributed by atoms with Gasteiger partial charge in [0.2, 0.25) is 17.8 Å². The summed E-state index contributed by atoms with van der Waals surface area (Å²) >= 11 is 0. The fraction of sp³-hybridized carbons (Fsp3) is 0.471. The van der Waals surface area contributed by atoms with Crippen LogP contribution in [-0.4, -0.2) is 39.3 Å². The SMILES string of the molecule is CCCC(=O)N1CCCCC1C(=O)Nc1nc2ccccc2[nH]1. The molecule has 6 heteroatoms. The number of hydrogen-bond acceptors (Lipinski definition) is 3. The molecule has 6 nitrogen and oxygen atoms in total. The average molecular weight is 314 g/mol. The molecule has 1 aliphatic heterocycles. The van der Waals surface area contributed by atoms with Gasteiger partial charge in [-0.25, -0.2) is 4.98 Å². The number of nitrogens with zero attached hydrogens (tertiary/aromatic N) is 2. The van der Waals surface area contributed by atoms with Gasteiger partial charge in [0.15, 0.2) is 0 Å². The van der Waals surface area contributed by atoms with Gasteiger partial charge in [0.05, 0.1) is 11.0 Å². The number of aromatic nitrogens is 2. The molecule has 23 heavy (non-hydrogen) atoms. The quantitative estimate of drug-likeness (QED) is 0.910. The second kappa shape index (κ2) is 6.81. The number of fused-ring (bicyclic) bond motifs is 1. The third kappa shape index (κ3) is 3.36. The first-order valence-corrected chi connectivity index (χ1v) is 8.24. The molecule has 2 aromatic rings. The van der Waals surface area contributed by atoms with Crippen LogP contribution in [0.1, 0.15) is 39.0 Å². The van der Waals surface area contributed by atoms with Gasteiger partial charge in [-0.05, 0) is 37.8 Å². The van der Waals surface area contributed by atoms with E-state index in [1.807, 2.05) is 31.2 Å². The van der Waals surface area contributed by atoms with E-state index in [4.69, 9.17) is 0 Å². The zero-order chi connectivity index (χ0) is 16.2. The Kier molecular flexibility index (Phi) is 4.60. The first-order valence-electron chi connectivity index (χ1n) is 8.24. The second-order valence-electron chi connectivity index (χ2n) is 5.94. The summed E-state index contributed by atoms with van der Waals surface area (Å²) in [4.78, 5) is 34.0. The molecule has 0 aliphatic carbocycles. The predicted octanol–water partition coefficient (Wildman–Crippen LogP) is 2.68. The van der Waals surface area contributed by atoms with Crippen LogP contribution in [-0.2, 0) is 9.59 Å². The first-order chi connectivity index (χ1) is 11.2. The number of benzene rings is 1. The van der Waals surface area contributed by atoms with Gasteiger partial charge in [0, 0.05) is 13.0 Å². The maximum atomic E-state index is 12.6. The number of imidazole rings is 1. The van der Waals surface area contributed by atoms with Gasteiger partial charge >= 0.3 is 0 Å². The van der Waals surface area contributed by atoms with E-state index in [-0.39, 0.29) is 11.8 Å². The number of carbonyl (C=O) groups is 2. The number of rotatable bonds is 4. The number of para-hydroxylation sites is 2. The van der Waals surface area contributed by atoms with Crippen LogP contribution in [0.25, 0.3) is 11.0 Å². The van der Waals surface area contributed by atoms with Gasteiger partial charge in [0.25, 0.3) is 0 Å². The monoisotopic (exact) mass is 314 g/mol. The molecular weight excluding hydrogens is 292 g/mol. The summed E-state index contributed by atoms with van der Waals surface area (Å²) in [6.07, 6.45) is 3.93. The highest BCUT2D eigenvalue weighted by molar-refractivity contribution is 5.97. The number of piperidine rings is 1. The van der Waals surface area contributed by atoms with Gasteiger partial charge in [-0.15, -0.1) is 0 Å². The zero-order valence-electron chi connectivity index (χ0n) is 13.3. The number of H-pyrrole nitrogens is 1. The summed E-state index contributed by atoms with van der Waals surface area (Å²) in [6, 6.07) is 7.23. The van der Waals surface area contributed by atoms with Crippen molar-refractivity contribution in [2.24, 2.45) is 0 Å². The molecule has 0 spiro atoms. The Labute approximate surface area is 135 Å². The van der Waals surface area contributed by atoms with Crippen LogP contribution in [0, 0.1) is 0 Å². The minimum Gasteiger partial charge on any atom is -0.331 e. The number of nitrogens with one attached hydrogen (secondary N) is 2. The van der Waals surface area contributed by atoms with E-state index < -0.39 is 6.04 Å². The smallest absolute Gasteiger partial charge is 0.249 e. The number of aromatic amines is 1. The average Bonchev–Trinajstić information content (AvgIpc) is 2.97. The van der Waals surface area contributed by atoms with Crippen LogP contribution in [0.15, 0.2) is 24.3 Å². The molecule has 1 fully saturated rings. The Hall–Kier alpha value is -2.37. The molecule has 1 aromatic heterocycles. The molecule has 1 aromatic carbocycles. The molecule has 2 N–H and O–H groups in total. The summed E-state index contributed by atoms with van der Waals surface area (Å²) in [5.74, 6) is 0.342. The molecule has 1 saturated heterocycles. The Morgan fingerprint density at radius 3 is 2.96 bits per heavy atom. The van der Waals surface area contributed by atoms with Gasteiger partial charge in [0.1, 0.15) is 6.04 Å².